The first-order valence-corrected chi connectivity index (χ1v) is 7.32. The maximum atomic E-state index is 12.0. The Labute approximate surface area is 124 Å². The van der Waals surface area contributed by atoms with Gasteiger partial charge in [0.05, 0.1) is 17.5 Å². The molecule has 21 heavy (non-hydrogen) atoms. The van der Waals surface area contributed by atoms with Crippen molar-refractivity contribution < 1.29 is 9.90 Å². The van der Waals surface area contributed by atoms with Crippen LogP contribution >= 0.6 is 0 Å². The van der Waals surface area contributed by atoms with Crippen molar-refractivity contribution in [2.75, 3.05) is 13.2 Å². The summed E-state index contributed by atoms with van der Waals surface area (Å²) in [4.78, 5) is 19.5. The number of aromatic amines is 1. The lowest BCUT2D eigenvalue weighted by Crippen LogP contribution is -2.34. The number of nitrogens with zero attached hydrogens (tertiary/aromatic N) is 1. The zero-order chi connectivity index (χ0) is 15.4. The standard InChI is InChI=1S/C16H23N3O2/c1-10(2)13(9-20)8-17-16(21)7-12-4-5-14-15(6-12)19-11(3)18-14/h4-6,10,13,20H,7-9H2,1-3H3,(H,17,21)(H,18,19). The van der Waals surface area contributed by atoms with E-state index in [0.717, 1.165) is 22.4 Å². The van der Waals surface area contributed by atoms with Crippen LogP contribution in [0.25, 0.3) is 11.0 Å². The molecule has 5 heteroatoms. The Bertz CT molecular complexity index is 619. The molecular formula is C16H23N3O2. The molecule has 1 unspecified atom stereocenters. The summed E-state index contributed by atoms with van der Waals surface area (Å²) in [5, 5.41) is 12.1. The summed E-state index contributed by atoms with van der Waals surface area (Å²) in [6.07, 6.45) is 0.338. The van der Waals surface area contributed by atoms with Gasteiger partial charge in [-0.05, 0) is 30.5 Å². The minimum atomic E-state index is -0.0234. The van der Waals surface area contributed by atoms with Gasteiger partial charge in [-0.1, -0.05) is 19.9 Å². The Morgan fingerprint density at radius 1 is 1.43 bits per heavy atom. The van der Waals surface area contributed by atoms with E-state index < -0.39 is 0 Å². The molecule has 1 atom stereocenters. The third-order valence-electron chi connectivity index (χ3n) is 3.77. The number of carbonyl (C=O) groups is 1. The largest absolute Gasteiger partial charge is 0.396 e. The number of H-pyrrole nitrogens is 1. The Balaban J connectivity index is 1.94. The van der Waals surface area contributed by atoms with E-state index >= 15 is 0 Å². The third kappa shape index (κ3) is 4.04. The predicted molar refractivity (Wildman–Crippen MR) is 83.0 cm³/mol. The highest BCUT2D eigenvalue weighted by Gasteiger charge is 2.13. The van der Waals surface area contributed by atoms with Gasteiger partial charge >= 0.3 is 0 Å². The molecule has 2 aromatic rings. The number of aliphatic hydroxyl groups excluding tert-OH is 1. The smallest absolute Gasteiger partial charge is 0.224 e. The predicted octanol–water partition coefficient (Wildman–Crippen LogP) is 1.79. The van der Waals surface area contributed by atoms with Crippen LogP contribution in [0.3, 0.4) is 0 Å². The van der Waals surface area contributed by atoms with Crippen molar-refractivity contribution in [3.05, 3.63) is 29.6 Å². The molecular weight excluding hydrogens is 266 g/mol. The first-order chi connectivity index (χ1) is 9.99. The number of fused-ring (bicyclic) bond motifs is 1. The second-order valence-electron chi connectivity index (χ2n) is 5.84. The van der Waals surface area contributed by atoms with Crippen molar-refractivity contribution in [1.82, 2.24) is 15.3 Å². The minimum absolute atomic E-state index is 0.0234. The van der Waals surface area contributed by atoms with Crippen LogP contribution in [0.5, 0.6) is 0 Å². The van der Waals surface area contributed by atoms with Crippen molar-refractivity contribution in [3.63, 3.8) is 0 Å². The summed E-state index contributed by atoms with van der Waals surface area (Å²) >= 11 is 0. The number of rotatable bonds is 6. The lowest BCUT2D eigenvalue weighted by Gasteiger charge is -2.18. The van der Waals surface area contributed by atoms with E-state index in [-0.39, 0.29) is 18.4 Å². The highest BCUT2D eigenvalue weighted by Crippen LogP contribution is 2.14. The van der Waals surface area contributed by atoms with Gasteiger partial charge in [-0.25, -0.2) is 4.98 Å². The monoisotopic (exact) mass is 289 g/mol. The molecule has 114 valence electrons. The van der Waals surface area contributed by atoms with E-state index in [0.29, 0.717) is 18.9 Å². The quantitative estimate of drug-likeness (QED) is 0.758. The van der Waals surface area contributed by atoms with Gasteiger partial charge in [0, 0.05) is 19.1 Å². The van der Waals surface area contributed by atoms with E-state index in [2.05, 4.69) is 15.3 Å². The fraction of sp³-hybridized carbons (Fsp3) is 0.500. The maximum Gasteiger partial charge on any atom is 0.224 e. The van der Waals surface area contributed by atoms with Crippen molar-refractivity contribution in [1.29, 1.82) is 0 Å². The van der Waals surface area contributed by atoms with Crippen molar-refractivity contribution >= 4 is 16.9 Å². The molecule has 0 radical (unpaired) electrons. The van der Waals surface area contributed by atoms with Crippen LogP contribution in [-0.4, -0.2) is 34.1 Å². The number of hydrogen-bond acceptors (Lipinski definition) is 3. The van der Waals surface area contributed by atoms with Crippen LogP contribution in [0.2, 0.25) is 0 Å². The van der Waals surface area contributed by atoms with Crippen LogP contribution in [0.15, 0.2) is 18.2 Å². The number of carbonyl (C=O) groups excluding carboxylic acids is 1. The van der Waals surface area contributed by atoms with Crippen LogP contribution < -0.4 is 5.32 Å². The number of imidazole rings is 1. The fourth-order valence-corrected chi connectivity index (χ4v) is 2.30. The van der Waals surface area contributed by atoms with E-state index in [1.807, 2.05) is 39.0 Å². The van der Waals surface area contributed by atoms with Gasteiger partial charge in [0.25, 0.3) is 0 Å². The highest BCUT2D eigenvalue weighted by molar-refractivity contribution is 5.81. The molecule has 0 aliphatic heterocycles. The van der Waals surface area contributed by atoms with E-state index in [1.54, 1.807) is 0 Å². The Morgan fingerprint density at radius 2 is 2.19 bits per heavy atom. The van der Waals surface area contributed by atoms with E-state index in [9.17, 15) is 9.90 Å². The van der Waals surface area contributed by atoms with Crippen molar-refractivity contribution in [2.24, 2.45) is 11.8 Å². The first kappa shape index (κ1) is 15.5. The Morgan fingerprint density at radius 3 is 2.86 bits per heavy atom. The molecule has 1 heterocycles. The maximum absolute atomic E-state index is 12.0. The van der Waals surface area contributed by atoms with Gasteiger partial charge < -0.3 is 15.4 Å². The molecule has 0 saturated carbocycles. The first-order valence-electron chi connectivity index (χ1n) is 7.32. The lowest BCUT2D eigenvalue weighted by atomic mass is 9.97. The summed E-state index contributed by atoms with van der Waals surface area (Å²) in [5.74, 6) is 1.30. The molecule has 2 rings (SSSR count). The minimum Gasteiger partial charge on any atom is -0.396 e. The topological polar surface area (TPSA) is 78.0 Å². The molecule has 0 aliphatic carbocycles. The Kier molecular flexibility index (Phi) is 4.96. The summed E-state index contributed by atoms with van der Waals surface area (Å²) in [6.45, 7) is 6.60. The molecule has 0 bridgehead atoms. The van der Waals surface area contributed by atoms with Gasteiger partial charge in [0.2, 0.25) is 5.91 Å². The van der Waals surface area contributed by atoms with Crippen LogP contribution in [0.4, 0.5) is 0 Å². The second kappa shape index (κ2) is 6.72. The molecule has 1 aromatic carbocycles. The highest BCUT2D eigenvalue weighted by atomic mass is 16.3. The molecule has 1 aromatic heterocycles. The molecule has 1 amide bonds. The summed E-state index contributed by atoms with van der Waals surface area (Å²) < 4.78 is 0. The lowest BCUT2D eigenvalue weighted by molar-refractivity contribution is -0.120. The third-order valence-corrected chi connectivity index (χ3v) is 3.77. The summed E-state index contributed by atoms with van der Waals surface area (Å²) in [7, 11) is 0. The van der Waals surface area contributed by atoms with E-state index in [1.165, 1.54) is 0 Å². The number of aryl methyl sites for hydroxylation is 1. The van der Waals surface area contributed by atoms with Gasteiger partial charge in [-0.15, -0.1) is 0 Å². The number of aliphatic hydroxyl groups is 1. The number of nitrogens with one attached hydrogen (secondary N) is 2. The van der Waals surface area contributed by atoms with E-state index in [4.69, 9.17) is 0 Å². The average molecular weight is 289 g/mol. The molecule has 0 aliphatic rings. The molecule has 0 saturated heterocycles. The summed E-state index contributed by atoms with van der Waals surface area (Å²) in [5.41, 5.74) is 2.82. The molecule has 0 fully saturated rings. The van der Waals surface area contributed by atoms with Crippen LogP contribution in [0, 0.1) is 18.8 Å². The molecule has 0 spiro atoms. The average Bonchev–Trinajstić information content (AvgIpc) is 2.78. The fourth-order valence-electron chi connectivity index (χ4n) is 2.30. The van der Waals surface area contributed by atoms with Gasteiger partial charge in [-0.3, -0.25) is 4.79 Å². The second-order valence-corrected chi connectivity index (χ2v) is 5.84. The number of hydrogen-bond donors (Lipinski definition) is 3. The van der Waals surface area contributed by atoms with Gasteiger partial charge in [-0.2, -0.15) is 0 Å². The number of aromatic nitrogens is 2. The number of amides is 1. The Hall–Kier alpha value is -1.88. The van der Waals surface area contributed by atoms with Crippen molar-refractivity contribution in [3.8, 4) is 0 Å². The SMILES string of the molecule is Cc1nc2ccc(CC(=O)NCC(CO)C(C)C)cc2[nH]1. The summed E-state index contributed by atoms with van der Waals surface area (Å²) in [6, 6.07) is 5.81. The van der Waals surface area contributed by atoms with Crippen LogP contribution in [-0.2, 0) is 11.2 Å². The van der Waals surface area contributed by atoms with Crippen molar-refractivity contribution in [2.45, 2.75) is 27.2 Å². The molecule has 5 nitrogen and oxygen atoms in total. The number of benzene rings is 1. The van der Waals surface area contributed by atoms with Gasteiger partial charge in [0.15, 0.2) is 0 Å². The van der Waals surface area contributed by atoms with Gasteiger partial charge in [0.1, 0.15) is 5.82 Å². The zero-order valence-electron chi connectivity index (χ0n) is 12.8. The zero-order valence-corrected chi connectivity index (χ0v) is 12.8. The van der Waals surface area contributed by atoms with Crippen LogP contribution in [0.1, 0.15) is 25.2 Å². The normalized spacial score (nSPS) is 12.8. The molecule has 3 N–H and O–H groups in total.